The third kappa shape index (κ3) is 5.08. The van der Waals surface area contributed by atoms with Crippen molar-refractivity contribution in [3.05, 3.63) is 29.8 Å². The molecule has 1 aliphatic heterocycles. The number of esters is 1. The fourth-order valence-electron chi connectivity index (χ4n) is 2.68. The molecule has 0 aromatic heterocycles. The minimum Gasteiger partial charge on any atom is -0.466 e. The second-order valence-electron chi connectivity index (χ2n) is 5.56. The number of hydrogen-bond donors (Lipinski definition) is 1. The lowest BCUT2D eigenvalue weighted by Gasteiger charge is -2.30. The molecule has 1 fully saturated rings. The van der Waals surface area contributed by atoms with Gasteiger partial charge in [0.1, 0.15) is 0 Å². The van der Waals surface area contributed by atoms with E-state index in [-0.39, 0.29) is 24.3 Å². The molecule has 0 radical (unpaired) electrons. The maximum atomic E-state index is 12.1. The van der Waals surface area contributed by atoms with E-state index in [1.165, 1.54) is 0 Å². The van der Waals surface area contributed by atoms with Gasteiger partial charge in [-0.05, 0) is 50.6 Å². The summed E-state index contributed by atoms with van der Waals surface area (Å²) < 4.78 is 5.06. The summed E-state index contributed by atoms with van der Waals surface area (Å²) in [6.07, 6.45) is 1.69. The van der Waals surface area contributed by atoms with Crippen LogP contribution in [0.15, 0.2) is 24.3 Å². The summed E-state index contributed by atoms with van der Waals surface area (Å²) in [7, 11) is 0. The molecule has 0 aliphatic carbocycles. The van der Waals surface area contributed by atoms with Crippen molar-refractivity contribution >= 4 is 17.6 Å². The third-order valence-electron chi connectivity index (χ3n) is 3.79. The van der Waals surface area contributed by atoms with Crippen molar-refractivity contribution < 1.29 is 14.3 Å². The van der Waals surface area contributed by atoms with Crippen LogP contribution in [0.1, 0.15) is 25.3 Å². The molecule has 1 N–H and O–H groups in total. The number of likely N-dealkylation sites (tertiary alicyclic amines) is 1. The van der Waals surface area contributed by atoms with Gasteiger partial charge in [0.15, 0.2) is 0 Å². The van der Waals surface area contributed by atoms with Crippen molar-refractivity contribution in [3.8, 4) is 6.07 Å². The topological polar surface area (TPSA) is 82.4 Å². The van der Waals surface area contributed by atoms with Crippen LogP contribution < -0.4 is 5.32 Å². The summed E-state index contributed by atoms with van der Waals surface area (Å²) in [5, 5.41) is 11.6. The second-order valence-corrected chi connectivity index (χ2v) is 5.56. The van der Waals surface area contributed by atoms with Crippen molar-refractivity contribution in [1.29, 1.82) is 5.26 Å². The molecule has 1 aromatic rings. The number of amides is 1. The van der Waals surface area contributed by atoms with Crippen molar-refractivity contribution in [1.82, 2.24) is 4.90 Å². The van der Waals surface area contributed by atoms with Gasteiger partial charge < -0.3 is 10.1 Å². The molecule has 0 saturated carbocycles. The molecule has 2 rings (SSSR count). The Morgan fingerprint density at radius 3 is 2.78 bits per heavy atom. The predicted molar refractivity (Wildman–Crippen MR) is 85.6 cm³/mol. The highest BCUT2D eigenvalue weighted by molar-refractivity contribution is 5.92. The highest BCUT2D eigenvalue weighted by atomic mass is 16.5. The van der Waals surface area contributed by atoms with Gasteiger partial charge in [0.05, 0.1) is 30.7 Å². The Kier molecular flexibility index (Phi) is 6.12. The third-order valence-corrected chi connectivity index (χ3v) is 3.79. The summed E-state index contributed by atoms with van der Waals surface area (Å²) >= 11 is 0. The SMILES string of the molecule is CCOC(=O)[C@@H]1CCCN(CC(=O)Nc2ccc(C#N)cc2)C1. The van der Waals surface area contributed by atoms with Gasteiger partial charge in [0, 0.05) is 12.2 Å². The van der Waals surface area contributed by atoms with Crippen LogP contribution in [0.5, 0.6) is 0 Å². The van der Waals surface area contributed by atoms with Gasteiger partial charge in [0.25, 0.3) is 0 Å². The van der Waals surface area contributed by atoms with E-state index in [9.17, 15) is 9.59 Å². The number of hydrogen-bond acceptors (Lipinski definition) is 5. The molecule has 1 heterocycles. The molecule has 1 amide bonds. The normalized spacial score (nSPS) is 18.0. The van der Waals surface area contributed by atoms with Crippen LogP contribution in [-0.2, 0) is 14.3 Å². The van der Waals surface area contributed by atoms with Gasteiger partial charge in [0.2, 0.25) is 5.91 Å². The minimum atomic E-state index is -0.176. The smallest absolute Gasteiger partial charge is 0.310 e. The van der Waals surface area contributed by atoms with Crippen LogP contribution in [0.4, 0.5) is 5.69 Å². The van der Waals surface area contributed by atoms with Gasteiger partial charge in [-0.3, -0.25) is 14.5 Å². The van der Waals surface area contributed by atoms with Crippen LogP contribution in [-0.4, -0.2) is 43.0 Å². The van der Waals surface area contributed by atoms with Crippen LogP contribution in [0.2, 0.25) is 0 Å². The quantitative estimate of drug-likeness (QED) is 0.837. The van der Waals surface area contributed by atoms with Gasteiger partial charge >= 0.3 is 5.97 Å². The number of carbonyl (C=O) groups excluding carboxylic acids is 2. The Labute approximate surface area is 136 Å². The van der Waals surface area contributed by atoms with E-state index in [0.717, 1.165) is 19.4 Å². The summed E-state index contributed by atoms with van der Waals surface area (Å²) in [4.78, 5) is 25.9. The number of benzene rings is 1. The lowest BCUT2D eigenvalue weighted by Crippen LogP contribution is -2.43. The molecular weight excluding hydrogens is 294 g/mol. The average molecular weight is 315 g/mol. The molecule has 1 aromatic carbocycles. The molecule has 6 nitrogen and oxygen atoms in total. The number of nitriles is 1. The zero-order chi connectivity index (χ0) is 16.7. The molecule has 1 saturated heterocycles. The molecule has 6 heteroatoms. The van der Waals surface area contributed by atoms with Crippen molar-refractivity contribution in [2.24, 2.45) is 5.92 Å². The number of nitrogens with zero attached hydrogens (tertiary/aromatic N) is 2. The number of rotatable bonds is 5. The fourth-order valence-corrected chi connectivity index (χ4v) is 2.68. The number of carbonyl (C=O) groups is 2. The molecule has 0 unspecified atom stereocenters. The standard InChI is InChI=1S/C17H21N3O3/c1-2-23-17(22)14-4-3-9-20(11-14)12-16(21)19-15-7-5-13(10-18)6-8-15/h5-8,14H,2-4,9,11-12H2,1H3,(H,19,21)/t14-/m1/s1. The van der Waals surface area contributed by atoms with E-state index >= 15 is 0 Å². The van der Waals surface area contributed by atoms with Gasteiger partial charge in [-0.25, -0.2) is 0 Å². The van der Waals surface area contributed by atoms with Crippen molar-refractivity contribution in [2.45, 2.75) is 19.8 Å². The van der Waals surface area contributed by atoms with Crippen molar-refractivity contribution in [2.75, 3.05) is 31.6 Å². The van der Waals surface area contributed by atoms with Crippen LogP contribution in [0.25, 0.3) is 0 Å². The monoisotopic (exact) mass is 315 g/mol. The Balaban J connectivity index is 1.84. The number of ether oxygens (including phenoxy) is 1. The Hall–Kier alpha value is -2.39. The van der Waals surface area contributed by atoms with E-state index in [0.29, 0.717) is 24.4 Å². The lowest BCUT2D eigenvalue weighted by atomic mass is 9.98. The first-order valence-corrected chi connectivity index (χ1v) is 7.81. The second kappa shape index (κ2) is 8.30. The van der Waals surface area contributed by atoms with Crippen molar-refractivity contribution in [3.63, 3.8) is 0 Å². The fraction of sp³-hybridized carbons (Fsp3) is 0.471. The van der Waals surface area contributed by atoms with E-state index in [1.807, 2.05) is 11.0 Å². The summed E-state index contributed by atoms with van der Waals surface area (Å²) in [6.45, 7) is 3.78. The first-order chi connectivity index (χ1) is 11.1. The Bertz CT molecular complexity index is 592. The van der Waals surface area contributed by atoms with Crippen LogP contribution in [0.3, 0.4) is 0 Å². The van der Waals surface area contributed by atoms with Gasteiger partial charge in [-0.1, -0.05) is 0 Å². The maximum Gasteiger partial charge on any atom is 0.310 e. The van der Waals surface area contributed by atoms with Gasteiger partial charge in [-0.2, -0.15) is 5.26 Å². The first kappa shape index (κ1) is 17.0. The van der Waals surface area contributed by atoms with E-state index in [4.69, 9.17) is 10.00 Å². The predicted octanol–water partition coefficient (Wildman–Crippen LogP) is 1.77. The summed E-state index contributed by atoms with van der Waals surface area (Å²) in [5.74, 6) is -0.449. The van der Waals surface area contributed by atoms with E-state index < -0.39 is 0 Å². The molecule has 0 spiro atoms. The van der Waals surface area contributed by atoms with E-state index in [2.05, 4.69) is 5.32 Å². The van der Waals surface area contributed by atoms with E-state index in [1.54, 1.807) is 31.2 Å². The highest BCUT2D eigenvalue weighted by Crippen LogP contribution is 2.18. The zero-order valence-electron chi connectivity index (χ0n) is 13.2. The lowest BCUT2D eigenvalue weighted by molar-refractivity contribution is -0.150. The average Bonchev–Trinajstić information content (AvgIpc) is 2.56. The summed E-state index contributed by atoms with van der Waals surface area (Å²) in [6, 6.07) is 8.76. The molecule has 23 heavy (non-hydrogen) atoms. The zero-order valence-corrected chi connectivity index (χ0v) is 13.2. The Morgan fingerprint density at radius 1 is 1.39 bits per heavy atom. The summed E-state index contributed by atoms with van der Waals surface area (Å²) in [5.41, 5.74) is 1.21. The number of anilines is 1. The largest absolute Gasteiger partial charge is 0.466 e. The number of piperidine rings is 1. The first-order valence-electron chi connectivity index (χ1n) is 7.81. The molecule has 1 aliphatic rings. The van der Waals surface area contributed by atoms with Crippen LogP contribution >= 0.6 is 0 Å². The minimum absolute atomic E-state index is 0.126. The maximum absolute atomic E-state index is 12.1. The molecule has 0 bridgehead atoms. The van der Waals surface area contributed by atoms with Gasteiger partial charge in [-0.15, -0.1) is 0 Å². The number of nitrogens with one attached hydrogen (secondary N) is 1. The molecular formula is C17H21N3O3. The Morgan fingerprint density at radius 2 is 2.13 bits per heavy atom. The molecule has 1 atom stereocenters. The molecule has 122 valence electrons. The highest BCUT2D eigenvalue weighted by Gasteiger charge is 2.27. The van der Waals surface area contributed by atoms with Crippen LogP contribution in [0, 0.1) is 17.2 Å².